The summed E-state index contributed by atoms with van der Waals surface area (Å²) in [6.45, 7) is 5.05. The van der Waals surface area contributed by atoms with Crippen molar-refractivity contribution in [3.05, 3.63) is 53.6 Å². The van der Waals surface area contributed by atoms with Gasteiger partial charge in [0.25, 0.3) is 0 Å². The minimum Gasteiger partial charge on any atom is -0.342 e. The van der Waals surface area contributed by atoms with Crippen LogP contribution < -0.4 is 5.32 Å². The Morgan fingerprint density at radius 2 is 1.53 bits per heavy atom. The van der Waals surface area contributed by atoms with E-state index in [4.69, 9.17) is 0 Å². The molecule has 2 fully saturated rings. The van der Waals surface area contributed by atoms with Crippen molar-refractivity contribution >= 4 is 17.6 Å². The van der Waals surface area contributed by atoms with Gasteiger partial charge in [-0.05, 0) is 53.6 Å². The molecule has 0 unspecified atom stereocenters. The number of hydrogen-bond acceptors (Lipinski definition) is 3. The van der Waals surface area contributed by atoms with E-state index in [1.165, 1.54) is 22.3 Å². The van der Waals surface area contributed by atoms with E-state index in [1.807, 2.05) is 15.9 Å². The van der Waals surface area contributed by atoms with Crippen LogP contribution >= 0.6 is 0 Å². The molecule has 1 N–H and O–H groups in total. The van der Waals surface area contributed by atoms with Crippen molar-refractivity contribution in [2.75, 3.05) is 51.1 Å². The van der Waals surface area contributed by atoms with E-state index in [-0.39, 0.29) is 11.9 Å². The van der Waals surface area contributed by atoms with Crippen molar-refractivity contribution in [3.63, 3.8) is 0 Å². The van der Waals surface area contributed by atoms with E-state index in [0.717, 1.165) is 51.1 Å². The molecule has 30 heavy (non-hydrogen) atoms. The summed E-state index contributed by atoms with van der Waals surface area (Å²) < 4.78 is 0. The summed E-state index contributed by atoms with van der Waals surface area (Å²) in [6.07, 6.45) is 3.15. The summed E-state index contributed by atoms with van der Waals surface area (Å²) in [6, 6.07) is 14.6. The maximum absolute atomic E-state index is 12.7. The number of carbonyl (C=O) groups excluding carboxylic acids is 2. The lowest BCUT2D eigenvalue weighted by atomic mass is 10.1. The number of likely N-dealkylation sites (tertiary alicyclic amines) is 1. The maximum atomic E-state index is 12.7. The Balaban J connectivity index is 1.14. The number of carbonyl (C=O) groups is 2. The van der Waals surface area contributed by atoms with Gasteiger partial charge < -0.3 is 15.1 Å². The van der Waals surface area contributed by atoms with Crippen molar-refractivity contribution in [3.8, 4) is 11.1 Å². The van der Waals surface area contributed by atoms with E-state index < -0.39 is 0 Å². The second kappa shape index (κ2) is 8.11. The van der Waals surface area contributed by atoms with Crippen LogP contribution in [-0.2, 0) is 11.2 Å². The third-order valence-corrected chi connectivity index (χ3v) is 6.52. The fourth-order valence-electron chi connectivity index (χ4n) is 4.79. The molecular formula is C24H28N4O2. The normalized spacial score (nSPS) is 18.3. The number of hydrogen-bond donors (Lipinski definition) is 1. The quantitative estimate of drug-likeness (QED) is 0.730. The molecule has 5 rings (SSSR count). The molecule has 6 heteroatoms. The van der Waals surface area contributed by atoms with Crippen molar-refractivity contribution in [2.45, 2.75) is 19.3 Å². The standard InChI is InChI=1S/C24H28N4O2/c29-23(27-9-3-4-10-27)17-26-11-13-28(14-12-26)24(30)25-20-7-8-22-19(16-20)15-18-5-1-2-6-21(18)22/h1-2,5-8,16H,3-4,9-15,17H2,(H,25,30). The van der Waals surface area contributed by atoms with Gasteiger partial charge in [0, 0.05) is 45.0 Å². The van der Waals surface area contributed by atoms with Crippen molar-refractivity contribution < 1.29 is 9.59 Å². The molecule has 3 aliphatic rings. The number of piperazine rings is 1. The topological polar surface area (TPSA) is 55.9 Å². The molecule has 0 radical (unpaired) electrons. The van der Waals surface area contributed by atoms with Crippen LogP contribution in [-0.4, -0.2) is 72.5 Å². The van der Waals surface area contributed by atoms with Crippen LogP contribution in [0.4, 0.5) is 10.5 Å². The highest BCUT2D eigenvalue weighted by molar-refractivity contribution is 5.90. The van der Waals surface area contributed by atoms with Gasteiger partial charge in [-0.1, -0.05) is 30.3 Å². The van der Waals surface area contributed by atoms with Crippen LogP contribution in [0.1, 0.15) is 24.0 Å². The van der Waals surface area contributed by atoms with Gasteiger partial charge in [-0.3, -0.25) is 9.69 Å². The number of anilines is 1. The molecule has 0 aromatic heterocycles. The van der Waals surface area contributed by atoms with E-state index in [1.54, 1.807) is 0 Å². The first kappa shape index (κ1) is 19.1. The smallest absolute Gasteiger partial charge is 0.321 e. The number of fused-ring (bicyclic) bond motifs is 3. The second-order valence-corrected chi connectivity index (χ2v) is 8.49. The minimum atomic E-state index is -0.0593. The predicted octanol–water partition coefficient (Wildman–Crippen LogP) is 3.03. The first-order chi connectivity index (χ1) is 14.7. The van der Waals surface area contributed by atoms with Crippen molar-refractivity contribution in [2.24, 2.45) is 0 Å². The van der Waals surface area contributed by atoms with E-state index in [0.29, 0.717) is 19.6 Å². The average Bonchev–Trinajstić information content (AvgIpc) is 3.42. The van der Waals surface area contributed by atoms with Gasteiger partial charge in [0.05, 0.1) is 6.54 Å². The molecule has 3 amide bonds. The zero-order chi connectivity index (χ0) is 20.5. The molecule has 2 heterocycles. The van der Waals surface area contributed by atoms with E-state index >= 15 is 0 Å². The van der Waals surface area contributed by atoms with Crippen LogP contribution in [0.15, 0.2) is 42.5 Å². The Bertz CT molecular complexity index is 959. The highest BCUT2D eigenvalue weighted by atomic mass is 16.2. The molecule has 6 nitrogen and oxygen atoms in total. The van der Waals surface area contributed by atoms with Gasteiger partial charge in [0.15, 0.2) is 0 Å². The zero-order valence-corrected chi connectivity index (χ0v) is 17.3. The molecule has 2 aromatic rings. The monoisotopic (exact) mass is 404 g/mol. The predicted molar refractivity (Wildman–Crippen MR) is 118 cm³/mol. The minimum absolute atomic E-state index is 0.0593. The van der Waals surface area contributed by atoms with Crippen LogP contribution in [0, 0.1) is 0 Å². The zero-order valence-electron chi connectivity index (χ0n) is 17.3. The highest BCUT2D eigenvalue weighted by Crippen LogP contribution is 2.37. The number of urea groups is 1. The Morgan fingerprint density at radius 3 is 2.33 bits per heavy atom. The number of amides is 3. The lowest BCUT2D eigenvalue weighted by molar-refractivity contribution is -0.131. The molecular weight excluding hydrogens is 376 g/mol. The molecule has 156 valence electrons. The summed E-state index contributed by atoms with van der Waals surface area (Å²) in [5.74, 6) is 0.226. The van der Waals surface area contributed by atoms with Crippen LogP contribution in [0.3, 0.4) is 0 Å². The summed E-state index contributed by atoms with van der Waals surface area (Å²) in [4.78, 5) is 31.1. The molecule has 1 aliphatic carbocycles. The van der Waals surface area contributed by atoms with E-state index in [9.17, 15) is 9.59 Å². The average molecular weight is 405 g/mol. The Morgan fingerprint density at radius 1 is 0.800 bits per heavy atom. The molecule has 2 saturated heterocycles. The lowest BCUT2D eigenvalue weighted by Gasteiger charge is -2.35. The van der Waals surface area contributed by atoms with Gasteiger partial charge in [0.2, 0.25) is 5.91 Å². The molecule has 0 atom stereocenters. The summed E-state index contributed by atoms with van der Waals surface area (Å²) in [5, 5.41) is 3.06. The molecule has 0 bridgehead atoms. The number of benzene rings is 2. The number of rotatable bonds is 3. The molecule has 0 saturated carbocycles. The van der Waals surface area contributed by atoms with Gasteiger partial charge in [-0.15, -0.1) is 0 Å². The lowest BCUT2D eigenvalue weighted by Crippen LogP contribution is -2.52. The number of nitrogens with zero attached hydrogens (tertiary/aromatic N) is 3. The fraction of sp³-hybridized carbons (Fsp3) is 0.417. The third-order valence-electron chi connectivity index (χ3n) is 6.52. The van der Waals surface area contributed by atoms with Gasteiger partial charge in [-0.25, -0.2) is 4.79 Å². The Kier molecular flexibility index (Phi) is 5.17. The first-order valence-electron chi connectivity index (χ1n) is 10.9. The van der Waals surface area contributed by atoms with Crippen molar-refractivity contribution in [1.82, 2.24) is 14.7 Å². The SMILES string of the molecule is O=C(CN1CCN(C(=O)Nc2ccc3c(c2)Cc2ccccc2-3)CC1)N1CCCC1. The largest absolute Gasteiger partial charge is 0.342 e. The van der Waals surface area contributed by atoms with Gasteiger partial charge in [0.1, 0.15) is 0 Å². The number of nitrogens with one attached hydrogen (secondary N) is 1. The summed E-state index contributed by atoms with van der Waals surface area (Å²) in [5.41, 5.74) is 6.01. The second-order valence-electron chi connectivity index (χ2n) is 8.49. The molecule has 2 aromatic carbocycles. The van der Waals surface area contributed by atoms with Crippen LogP contribution in [0.25, 0.3) is 11.1 Å². The van der Waals surface area contributed by atoms with E-state index in [2.05, 4.69) is 46.6 Å². The first-order valence-corrected chi connectivity index (χ1v) is 10.9. The Hall–Kier alpha value is -2.86. The van der Waals surface area contributed by atoms with Gasteiger partial charge >= 0.3 is 6.03 Å². The van der Waals surface area contributed by atoms with Crippen LogP contribution in [0.5, 0.6) is 0 Å². The molecule has 0 spiro atoms. The Labute approximate surface area is 177 Å². The summed E-state index contributed by atoms with van der Waals surface area (Å²) in [7, 11) is 0. The molecule has 2 aliphatic heterocycles. The highest BCUT2D eigenvalue weighted by Gasteiger charge is 2.25. The third kappa shape index (κ3) is 3.79. The fourth-order valence-corrected chi connectivity index (χ4v) is 4.79. The van der Waals surface area contributed by atoms with Crippen LogP contribution in [0.2, 0.25) is 0 Å². The summed E-state index contributed by atoms with van der Waals surface area (Å²) >= 11 is 0. The maximum Gasteiger partial charge on any atom is 0.321 e. The van der Waals surface area contributed by atoms with Gasteiger partial charge in [-0.2, -0.15) is 0 Å². The van der Waals surface area contributed by atoms with Crippen molar-refractivity contribution in [1.29, 1.82) is 0 Å².